The fraction of sp³-hybridized carbons (Fsp3) is 0.455. The van der Waals surface area contributed by atoms with Gasteiger partial charge in [0, 0.05) is 4.90 Å². The summed E-state index contributed by atoms with van der Waals surface area (Å²) in [5.41, 5.74) is 1.53. The quantitative estimate of drug-likeness (QED) is 0.624. The molecule has 2 rings (SSSR count). The van der Waals surface area contributed by atoms with Gasteiger partial charge in [0.05, 0.1) is 0 Å². The molecule has 12 heavy (non-hydrogen) atoms. The number of rotatable bonds is 2. The van der Waals surface area contributed by atoms with Crippen molar-refractivity contribution in [3.8, 4) is 0 Å². The lowest BCUT2D eigenvalue weighted by Crippen LogP contribution is -1.80. The molecule has 1 aliphatic carbocycles. The van der Waals surface area contributed by atoms with E-state index in [9.17, 15) is 0 Å². The van der Waals surface area contributed by atoms with Gasteiger partial charge in [-0.15, -0.1) is 11.8 Å². The van der Waals surface area contributed by atoms with Crippen LogP contribution >= 0.6 is 11.8 Å². The molecule has 1 aromatic rings. The molecule has 0 bridgehead atoms. The van der Waals surface area contributed by atoms with E-state index in [-0.39, 0.29) is 0 Å². The second-order valence-corrected chi connectivity index (χ2v) is 4.47. The summed E-state index contributed by atoms with van der Waals surface area (Å²) in [6, 6.07) is 9.01. The highest BCUT2D eigenvalue weighted by Crippen LogP contribution is 2.46. The average molecular weight is 178 g/mol. The second kappa shape index (κ2) is 3.14. The Kier molecular flexibility index (Phi) is 2.14. The lowest BCUT2D eigenvalue weighted by molar-refractivity contribution is 0.913. The van der Waals surface area contributed by atoms with E-state index in [4.69, 9.17) is 0 Å². The Morgan fingerprint density at radius 2 is 1.83 bits per heavy atom. The standard InChI is InChI=1S/C11H14S/c1-8-7-11(8)9-3-5-10(12-2)6-4-9/h3-6,8,11H,7H2,1-2H3/t8-,11-/m0/s1. The molecule has 0 radical (unpaired) electrons. The Balaban J connectivity index is 2.14. The molecule has 0 aromatic heterocycles. The van der Waals surface area contributed by atoms with Crippen LogP contribution in [0.5, 0.6) is 0 Å². The van der Waals surface area contributed by atoms with Gasteiger partial charge in [-0.1, -0.05) is 19.1 Å². The van der Waals surface area contributed by atoms with Gasteiger partial charge in [0.1, 0.15) is 0 Å². The van der Waals surface area contributed by atoms with E-state index in [1.54, 1.807) is 0 Å². The maximum atomic E-state index is 2.33. The fourth-order valence-corrected chi connectivity index (χ4v) is 2.05. The van der Waals surface area contributed by atoms with Crippen LogP contribution in [0.15, 0.2) is 29.2 Å². The molecule has 1 fully saturated rings. The molecule has 0 spiro atoms. The molecule has 0 N–H and O–H groups in total. The van der Waals surface area contributed by atoms with Crippen molar-refractivity contribution in [1.29, 1.82) is 0 Å². The molecule has 64 valence electrons. The van der Waals surface area contributed by atoms with Crippen LogP contribution in [0.1, 0.15) is 24.8 Å². The first-order chi connectivity index (χ1) is 5.81. The van der Waals surface area contributed by atoms with Gasteiger partial charge >= 0.3 is 0 Å². The van der Waals surface area contributed by atoms with E-state index in [0.29, 0.717) is 0 Å². The van der Waals surface area contributed by atoms with Gasteiger partial charge in [0.15, 0.2) is 0 Å². The van der Waals surface area contributed by atoms with E-state index >= 15 is 0 Å². The molecule has 2 atom stereocenters. The minimum Gasteiger partial charge on any atom is -0.130 e. The molecule has 0 nitrogen and oxygen atoms in total. The first kappa shape index (κ1) is 8.18. The van der Waals surface area contributed by atoms with Gasteiger partial charge in [0.25, 0.3) is 0 Å². The summed E-state index contributed by atoms with van der Waals surface area (Å²) in [7, 11) is 0. The SMILES string of the molecule is CSc1ccc([C@H]2C[C@@H]2C)cc1. The predicted molar refractivity (Wildman–Crippen MR) is 54.7 cm³/mol. The van der Waals surface area contributed by atoms with E-state index in [1.165, 1.54) is 16.9 Å². The molecule has 0 heterocycles. The van der Waals surface area contributed by atoms with Gasteiger partial charge in [-0.05, 0) is 42.2 Å². The van der Waals surface area contributed by atoms with E-state index in [0.717, 1.165) is 11.8 Å². The van der Waals surface area contributed by atoms with Gasteiger partial charge in [-0.2, -0.15) is 0 Å². The average Bonchev–Trinajstić information content (AvgIpc) is 2.83. The van der Waals surface area contributed by atoms with Gasteiger partial charge in [0.2, 0.25) is 0 Å². The summed E-state index contributed by atoms with van der Waals surface area (Å²) in [4.78, 5) is 1.37. The summed E-state index contributed by atoms with van der Waals surface area (Å²) in [6.45, 7) is 2.33. The van der Waals surface area contributed by atoms with Crippen molar-refractivity contribution in [2.75, 3.05) is 6.26 Å². The highest BCUT2D eigenvalue weighted by atomic mass is 32.2. The van der Waals surface area contributed by atoms with Crippen LogP contribution in [0.25, 0.3) is 0 Å². The number of hydrogen-bond donors (Lipinski definition) is 0. The highest BCUT2D eigenvalue weighted by Gasteiger charge is 2.33. The Bertz CT molecular complexity index is 263. The molecule has 1 aromatic carbocycles. The van der Waals surface area contributed by atoms with Crippen molar-refractivity contribution >= 4 is 11.8 Å². The normalized spacial score (nSPS) is 27.2. The lowest BCUT2D eigenvalue weighted by atomic mass is 10.1. The minimum absolute atomic E-state index is 0.862. The molecule has 0 saturated heterocycles. The number of benzene rings is 1. The van der Waals surface area contributed by atoms with Crippen molar-refractivity contribution in [3.05, 3.63) is 29.8 Å². The summed E-state index contributed by atoms with van der Waals surface area (Å²) in [5, 5.41) is 0. The Morgan fingerprint density at radius 1 is 1.25 bits per heavy atom. The monoisotopic (exact) mass is 178 g/mol. The molecule has 1 saturated carbocycles. The summed E-state index contributed by atoms with van der Waals surface area (Å²) >= 11 is 1.81. The minimum atomic E-state index is 0.862. The van der Waals surface area contributed by atoms with Gasteiger partial charge in [-0.3, -0.25) is 0 Å². The smallest absolute Gasteiger partial charge is 0.00693 e. The topological polar surface area (TPSA) is 0 Å². The zero-order valence-corrected chi connectivity index (χ0v) is 8.40. The molecule has 0 unspecified atom stereocenters. The van der Waals surface area contributed by atoms with Crippen LogP contribution in [0.4, 0.5) is 0 Å². The molecule has 0 aliphatic heterocycles. The van der Waals surface area contributed by atoms with Crippen molar-refractivity contribution < 1.29 is 0 Å². The molecule has 0 amide bonds. The lowest BCUT2D eigenvalue weighted by Gasteiger charge is -1.99. The van der Waals surface area contributed by atoms with Crippen LogP contribution in [0.2, 0.25) is 0 Å². The van der Waals surface area contributed by atoms with Crippen molar-refractivity contribution in [1.82, 2.24) is 0 Å². The van der Waals surface area contributed by atoms with Crippen molar-refractivity contribution in [2.24, 2.45) is 5.92 Å². The van der Waals surface area contributed by atoms with Gasteiger partial charge < -0.3 is 0 Å². The van der Waals surface area contributed by atoms with Crippen LogP contribution in [-0.4, -0.2) is 6.26 Å². The number of thioether (sulfide) groups is 1. The Hall–Kier alpha value is -0.430. The first-order valence-electron chi connectivity index (χ1n) is 4.45. The van der Waals surface area contributed by atoms with E-state index in [1.807, 2.05) is 11.8 Å². The van der Waals surface area contributed by atoms with Crippen molar-refractivity contribution in [2.45, 2.75) is 24.2 Å². The van der Waals surface area contributed by atoms with Crippen molar-refractivity contribution in [3.63, 3.8) is 0 Å². The zero-order chi connectivity index (χ0) is 8.55. The van der Waals surface area contributed by atoms with Crippen LogP contribution in [-0.2, 0) is 0 Å². The molecule has 1 aliphatic rings. The zero-order valence-electron chi connectivity index (χ0n) is 7.58. The first-order valence-corrected chi connectivity index (χ1v) is 5.67. The second-order valence-electron chi connectivity index (χ2n) is 3.59. The third kappa shape index (κ3) is 1.51. The predicted octanol–water partition coefficient (Wildman–Crippen LogP) is 3.53. The molecule has 1 heteroatoms. The van der Waals surface area contributed by atoms with E-state index < -0.39 is 0 Å². The summed E-state index contributed by atoms with van der Waals surface area (Å²) in [5.74, 6) is 1.78. The Labute approximate surface area is 78.4 Å². The van der Waals surface area contributed by atoms with Gasteiger partial charge in [-0.25, -0.2) is 0 Å². The molecular weight excluding hydrogens is 164 g/mol. The third-order valence-electron chi connectivity index (χ3n) is 2.65. The third-order valence-corrected chi connectivity index (χ3v) is 3.40. The Morgan fingerprint density at radius 3 is 2.25 bits per heavy atom. The maximum absolute atomic E-state index is 2.33. The number of hydrogen-bond acceptors (Lipinski definition) is 1. The largest absolute Gasteiger partial charge is 0.130 e. The summed E-state index contributed by atoms with van der Waals surface area (Å²) < 4.78 is 0. The summed E-state index contributed by atoms with van der Waals surface area (Å²) in [6.07, 6.45) is 3.51. The molecular formula is C11H14S. The highest BCUT2D eigenvalue weighted by molar-refractivity contribution is 7.98. The van der Waals surface area contributed by atoms with Crippen LogP contribution in [0.3, 0.4) is 0 Å². The van der Waals surface area contributed by atoms with E-state index in [2.05, 4.69) is 37.4 Å². The maximum Gasteiger partial charge on any atom is 0.00693 e. The van der Waals surface area contributed by atoms with Crippen LogP contribution in [0, 0.1) is 5.92 Å². The fourth-order valence-electron chi connectivity index (χ4n) is 1.64. The van der Waals surface area contributed by atoms with Crippen LogP contribution < -0.4 is 0 Å².